The summed E-state index contributed by atoms with van der Waals surface area (Å²) >= 11 is 0. The molecule has 0 aromatic carbocycles. The smallest absolute Gasteiger partial charge is 0.326 e. The standard InChI is InChI=1S/C10H17NO5/c1-3-6(4-2)9(14)11-7(10(15)16)5-8(12)13/h6-7H,3-5H2,1-2H3,(H,11,14)(H,12,13)(H,15,16). The number of rotatable bonds is 7. The van der Waals surface area contributed by atoms with Crippen LogP contribution in [0.5, 0.6) is 0 Å². The van der Waals surface area contributed by atoms with Crippen molar-refractivity contribution in [1.82, 2.24) is 5.32 Å². The number of carboxylic acid groups (broad SMARTS) is 2. The van der Waals surface area contributed by atoms with Gasteiger partial charge in [-0.2, -0.15) is 0 Å². The molecule has 6 nitrogen and oxygen atoms in total. The Bertz CT molecular complexity index is 272. The molecule has 0 aromatic heterocycles. The molecule has 0 spiro atoms. The third-order valence-corrected chi connectivity index (χ3v) is 2.35. The summed E-state index contributed by atoms with van der Waals surface area (Å²) in [6.07, 6.45) is 0.588. The normalized spacial score (nSPS) is 12.2. The zero-order valence-electron chi connectivity index (χ0n) is 9.40. The third kappa shape index (κ3) is 4.77. The summed E-state index contributed by atoms with van der Waals surface area (Å²) in [5, 5.41) is 19.4. The van der Waals surface area contributed by atoms with Gasteiger partial charge in [-0.05, 0) is 12.8 Å². The highest BCUT2D eigenvalue weighted by Crippen LogP contribution is 2.08. The lowest BCUT2D eigenvalue weighted by molar-refractivity contribution is -0.147. The van der Waals surface area contributed by atoms with Crippen LogP contribution in [0, 0.1) is 5.92 Å². The third-order valence-electron chi connectivity index (χ3n) is 2.35. The van der Waals surface area contributed by atoms with Crippen molar-refractivity contribution in [3.05, 3.63) is 0 Å². The van der Waals surface area contributed by atoms with E-state index in [0.717, 1.165) is 0 Å². The Labute approximate surface area is 93.6 Å². The van der Waals surface area contributed by atoms with E-state index in [-0.39, 0.29) is 5.92 Å². The number of carbonyl (C=O) groups excluding carboxylic acids is 1. The van der Waals surface area contributed by atoms with Gasteiger partial charge in [-0.3, -0.25) is 9.59 Å². The second-order valence-electron chi connectivity index (χ2n) is 3.51. The monoisotopic (exact) mass is 231 g/mol. The lowest BCUT2D eigenvalue weighted by Crippen LogP contribution is -2.44. The molecular weight excluding hydrogens is 214 g/mol. The fourth-order valence-electron chi connectivity index (χ4n) is 1.32. The number of carboxylic acids is 2. The van der Waals surface area contributed by atoms with E-state index in [9.17, 15) is 14.4 Å². The molecule has 3 N–H and O–H groups in total. The Morgan fingerprint density at radius 1 is 1.12 bits per heavy atom. The molecule has 0 radical (unpaired) electrons. The Balaban J connectivity index is 4.44. The second-order valence-corrected chi connectivity index (χ2v) is 3.51. The van der Waals surface area contributed by atoms with Crippen LogP contribution < -0.4 is 5.32 Å². The summed E-state index contributed by atoms with van der Waals surface area (Å²) in [7, 11) is 0. The molecule has 0 heterocycles. The van der Waals surface area contributed by atoms with E-state index < -0.39 is 30.3 Å². The quantitative estimate of drug-likeness (QED) is 0.590. The van der Waals surface area contributed by atoms with E-state index >= 15 is 0 Å². The van der Waals surface area contributed by atoms with E-state index in [0.29, 0.717) is 12.8 Å². The highest BCUT2D eigenvalue weighted by Gasteiger charge is 2.25. The first kappa shape index (κ1) is 14.4. The molecule has 1 atom stereocenters. The van der Waals surface area contributed by atoms with Crippen LogP contribution in [0.4, 0.5) is 0 Å². The molecule has 92 valence electrons. The molecule has 6 heteroatoms. The van der Waals surface area contributed by atoms with Gasteiger partial charge in [-0.25, -0.2) is 4.79 Å². The summed E-state index contributed by atoms with van der Waals surface area (Å²) in [6.45, 7) is 3.64. The van der Waals surface area contributed by atoms with Gasteiger partial charge < -0.3 is 15.5 Å². The lowest BCUT2D eigenvalue weighted by Gasteiger charge is -2.17. The van der Waals surface area contributed by atoms with E-state index in [4.69, 9.17) is 10.2 Å². The Morgan fingerprint density at radius 3 is 1.94 bits per heavy atom. The van der Waals surface area contributed by atoms with Crippen LogP contribution in [-0.2, 0) is 14.4 Å². The van der Waals surface area contributed by atoms with Crippen molar-refractivity contribution in [3.8, 4) is 0 Å². The number of nitrogens with one attached hydrogen (secondary N) is 1. The number of hydrogen-bond donors (Lipinski definition) is 3. The molecule has 0 bridgehead atoms. The number of amides is 1. The van der Waals surface area contributed by atoms with E-state index in [2.05, 4.69) is 5.32 Å². The van der Waals surface area contributed by atoms with Crippen molar-refractivity contribution >= 4 is 17.8 Å². The molecule has 0 aliphatic heterocycles. The Kier molecular flexibility index (Phi) is 6.14. The average molecular weight is 231 g/mol. The highest BCUT2D eigenvalue weighted by atomic mass is 16.4. The molecule has 1 unspecified atom stereocenters. The first-order valence-corrected chi connectivity index (χ1v) is 5.17. The van der Waals surface area contributed by atoms with Crippen molar-refractivity contribution in [1.29, 1.82) is 0 Å². The molecule has 0 rings (SSSR count). The van der Waals surface area contributed by atoms with Gasteiger partial charge >= 0.3 is 11.9 Å². The SMILES string of the molecule is CCC(CC)C(=O)NC(CC(=O)O)C(=O)O. The zero-order valence-corrected chi connectivity index (χ0v) is 9.40. The van der Waals surface area contributed by atoms with Crippen LogP contribution in [-0.4, -0.2) is 34.1 Å². The van der Waals surface area contributed by atoms with E-state index in [1.807, 2.05) is 13.8 Å². The summed E-state index contributed by atoms with van der Waals surface area (Å²) in [4.78, 5) is 32.6. The minimum atomic E-state index is -1.36. The summed E-state index contributed by atoms with van der Waals surface area (Å²) in [5.41, 5.74) is 0. The molecular formula is C10H17NO5. The summed E-state index contributed by atoms with van der Waals surface area (Å²) < 4.78 is 0. The average Bonchev–Trinajstić information content (AvgIpc) is 2.17. The maximum Gasteiger partial charge on any atom is 0.326 e. The molecule has 0 aliphatic carbocycles. The zero-order chi connectivity index (χ0) is 12.7. The van der Waals surface area contributed by atoms with Crippen LogP contribution in [0.1, 0.15) is 33.1 Å². The topological polar surface area (TPSA) is 104 Å². The minimum absolute atomic E-state index is 0.268. The van der Waals surface area contributed by atoms with Crippen LogP contribution in [0.3, 0.4) is 0 Å². The van der Waals surface area contributed by atoms with Gasteiger partial charge in [0.25, 0.3) is 0 Å². The van der Waals surface area contributed by atoms with Crippen LogP contribution >= 0.6 is 0 Å². The van der Waals surface area contributed by atoms with Crippen LogP contribution in [0.25, 0.3) is 0 Å². The minimum Gasteiger partial charge on any atom is -0.481 e. The largest absolute Gasteiger partial charge is 0.481 e. The van der Waals surface area contributed by atoms with Gasteiger partial charge in [0.1, 0.15) is 6.04 Å². The van der Waals surface area contributed by atoms with Gasteiger partial charge in [0.2, 0.25) is 5.91 Å². The van der Waals surface area contributed by atoms with Gasteiger partial charge in [0.15, 0.2) is 0 Å². The number of hydrogen-bond acceptors (Lipinski definition) is 3. The van der Waals surface area contributed by atoms with Crippen molar-refractivity contribution in [3.63, 3.8) is 0 Å². The van der Waals surface area contributed by atoms with Crippen LogP contribution in [0.2, 0.25) is 0 Å². The molecule has 0 fully saturated rings. The summed E-state index contributed by atoms with van der Waals surface area (Å²) in [6, 6.07) is -1.36. The van der Waals surface area contributed by atoms with Crippen molar-refractivity contribution in [2.24, 2.45) is 5.92 Å². The van der Waals surface area contributed by atoms with Crippen LogP contribution in [0.15, 0.2) is 0 Å². The fourth-order valence-corrected chi connectivity index (χ4v) is 1.32. The van der Waals surface area contributed by atoms with Crippen molar-refractivity contribution in [2.45, 2.75) is 39.2 Å². The maximum atomic E-state index is 11.5. The van der Waals surface area contributed by atoms with Gasteiger partial charge in [0, 0.05) is 5.92 Å². The Morgan fingerprint density at radius 2 is 1.62 bits per heavy atom. The van der Waals surface area contributed by atoms with E-state index in [1.54, 1.807) is 0 Å². The van der Waals surface area contributed by atoms with Crippen molar-refractivity contribution < 1.29 is 24.6 Å². The molecule has 0 saturated carbocycles. The molecule has 0 aliphatic rings. The van der Waals surface area contributed by atoms with Gasteiger partial charge in [-0.1, -0.05) is 13.8 Å². The number of carbonyl (C=O) groups is 3. The predicted molar refractivity (Wildman–Crippen MR) is 55.9 cm³/mol. The number of aliphatic carboxylic acids is 2. The Hall–Kier alpha value is -1.59. The predicted octanol–water partition coefficient (Wildman–Crippen LogP) is 0.467. The van der Waals surface area contributed by atoms with Gasteiger partial charge in [0.05, 0.1) is 6.42 Å². The highest BCUT2D eigenvalue weighted by molar-refractivity contribution is 5.87. The second kappa shape index (κ2) is 6.81. The van der Waals surface area contributed by atoms with Crippen molar-refractivity contribution in [2.75, 3.05) is 0 Å². The maximum absolute atomic E-state index is 11.5. The van der Waals surface area contributed by atoms with E-state index in [1.165, 1.54) is 0 Å². The molecule has 0 aromatic rings. The summed E-state index contributed by atoms with van der Waals surface area (Å²) in [5.74, 6) is -3.26. The lowest BCUT2D eigenvalue weighted by atomic mass is 10.0. The van der Waals surface area contributed by atoms with Gasteiger partial charge in [-0.15, -0.1) is 0 Å². The fraction of sp³-hybridized carbons (Fsp3) is 0.700. The first-order valence-electron chi connectivity index (χ1n) is 5.17. The molecule has 1 amide bonds. The molecule has 0 saturated heterocycles. The molecule has 16 heavy (non-hydrogen) atoms. The first-order chi connectivity index (χ1) is 7.42.